The van der Waals surface area contributed by atoms with Crippen LogP contribution in [0.4, 0.5) is 28.7 Å². The first-order valence-electron chi connectivity index (χ1n) is 9.81. The summed E-state index contributed by atoms with van der Waals surface area (Å²) in [4.78, 5) is 23.9. The minimum Gasteiger partial charge on any atom is -0.495 e. The Bertz CT molecular complexity index is 1140. The quantitative estimate of drug-likeness (QED) is 0.402. The van der Waals surface area contributed by atoms with Gasteiger partial charge in [0.25, 0.3) is 0 Å². The van der Waals surface area contributed by atoms with E-state index in [0.717, 1.165) is 5.69 Å². The third-order valence-corrected chi connectivity index (χ3v) is 5.62. The van der Waals surface area contributed by atoms with Crippen molar-refractivity contribution in [3.8, 4) is 5.75 Å². The van der Waals surface area contributed by atoms with Gasteiger partial charge in [0, 0.05) is 41.9 Å². The predicted molar refractivity (Wildman–Crippen MR) is 126 cm³/mol. The maximum Gasteiger partial charge on any atom is 0.353 e. The Hall–Kier alpha value is -3.30. The summed E-state index contributed by atoms with van der Waals surface area (Å²) in [6, 6.07) is 12.6. The molecule has 0 unspecified atom stereocenters. The molecule has 32 heavy (non-hydrogen) atoms. The Morgan fingerprint density at radius 2 is 1.75 bits per heavy atom. The molecule has 2 aromatic carbocycles. The highest BCUT2D eigenvalue weighted by molar-refractivity contribution is 6.31. The Balaban J connectivity index is 1.59. The highest BCUT2D eigenvalue weighted by Crippen LogP contribution is 2.37. The van der Waals surface area contributed by atoms with Gasteiger partial charge in [-0.1, -0.05) is 29.3 Å². The van der Waals surface area contributed by atoms with Crippen LogP contribution in [0.5, 0.6) is 5.75 Å². The number of ether oxygens (including phenoxy) is 1. The van der Waals surface area contributed by atoms with E-state index in [0.29, 0.717) is 47.7 Å². The standard InChI is InChI=1S/C21H20Cl2N6O3/c1-32-18-6-5-15(23)12-17(18)26-20-19(29(30)31)21(25-13-24-20)28-9-7-27(8-10-28)16-4-2-3-14(22)11-16/h2-6,11-13H,7-10H2,1H3,(H,24,25,26). The SMILES string of the molecule is COc1ccc(Cl)cc1Nc1ncnc(N2CCN(c3cccc(Cl)c3)CC2)c1[N+](=O)[O-]. The number of rotatable bonds is 6. The number of nitrogens with zero attached hydrogens (tertiary/aromatic N) is 5. The average molecular weight is 475 g/mol. The first-order valence-corrected chi connectivity index (χ1v) is 10.6. The van der Waals surface area contributed by atoms with E-state index in [2.05, 4.69) is 20.2 Å². The monoisotopic (exact) mass is 474 g/mol. The molecule has 1 fully saturated rings. The number of anilines is 4. The summed E-state index contributed by atoms with van der Waals surface area (Å²) in [6.45, 7) is 2.47. The first kappa shape index (κ1) is 21.9. The van der Waals surface area contributed by atoms with Gasteiger partial charge in [0.1, 0.15) is 12.1 Å². The van der Waals surface area contributed by atoms with Gasteiger partial charge < -0.3 is 19.9 Å². The lowest BCUT2D eigenvalue weighted by molar-refractivity contribution is -0.383. The molecule has 2 heterocycles. The Labute approximate surface area is 194 Å². The van der Waals surface area contributed by atoms with Crippen LogP contribution in [0.3, 0.4) is 0 Å². The number of aromatic nitrogens is 2. The number of benzene rings is 2. The molecule has 0 aliphatic carbocycles. The number of halogens is 2. The molecule has 1 saturated heterocycles. The molecular formula is C21H20Cl2N6O3. The van der Waals surface area contributed by atoms with Gasteiger partial charge in [-0.15, -0.1) is 0 Å². The van der Waals surface area contributed by atoms with Crippen LogP contribution in [-0.4, -0.2) is 48.2 Å². The number of nitro groups is 1. The lowest BCUT2D eigenvalue weighted by Gasteiger charge is -2.36. The zero-order chi connectivity index (χ0) is 22.7. The molecule has 0 spiro atoms. The van der Waals surface area contributed by atoms with E-state index in [-0.39, 0.29) is 17.3 Å². The Kier molecular flexibility index (Phi) is 6.48. The van der Waals surface area contributed by atoms with Gasteiger partial charge in [-0.25, -0.2) is 9.97 Å². The van der Waals surface area contributed by atoms with E-state index in [1.165, 1.54) is 13.4 Å². The number of hydrogen-bond acceptors (Lipinski definition) is 8. The van der Waals surface area contributed by atoms with Crippen LogP contribution in [0.2, 0.25) is 10.0 Å². The van der Waals surface area contributed by atoms with Crippen molar-refractivity contribution in [2.45, 2.75) is 0 Å². The van der Waals surface area contributed by atoms with Crippen molar-refractivity contribution in [3.63, 3.8) is 0 Å². The van der Waals surface area contributed by atoms with Crippen LogP contribution in [0.25, 0.3) is 0 Å². The molecule has 1 aliphatic rings. The van der Waals surface area contributed by atoms with Crippen LogP contribution >= 0.6 is 23.2 Å². The van der Waals surface area contributed by atoms with E-state index >= 15 is 0 Å². The van der Waals surface area contributed by atoms with E-state index in [9.17, 15) is 10.1 Å². The molecule has 0 atom stereocenters. The summed E-state index contributed by atoms with van der Waals surface area (Å²) in [7, 11) is 1.51. The van der Waals surface area contributed by atoms with Crippen molar-refractivity contribution < 1.29 is 9.66 Å². The molecule has 0 radical (unpaired) electrons. The molecule has 11 heteroatoms. The maximum atomic E-state index is 12.0. The largest absolute Gasteiger partial charge is 0.495 e. The van der Waals surface area contributed by atoms with Gasteiger partial charge in [-0.2, -0.15) is 0 Å². The van der Waals surface area contributed by atoms with E-state index in [1.54, 1.807) is 18.2 Å². The fourth-order valence-corrected chi connectivity index (χ4v) is 3.97. The fraction of sp³-hybridized carbons (Fsp3) is 0.238. The van der Waals surface area contributed by atoms with E-state index in [4.69, 9.17) is 27.9 Å². The second kappa shape index (κ2) is 9.46. The Morgan fingerprint density at radius 3 is 2.44 bits per heavy atom. The zero-order valence-electron chi connectivity index (χ0n) is 17.2. The molecule has 1 aromatic heterocycles. The molecule has 0 bridgehead atoms. The number of methoxy groups -OCH3 is 1. The van der Waals surface area contributed by atoms with Crippen LogP contribution in [-0.2, 0) is 0 Å². The number of piperazine rings is 1. The molecule has 9 nitrogen and oxygen atoms in total. The summed E-state index contributed by atoms with van der Waals surface area (Å²) in [6.07, 6.45) is 1.31. The number of nitrogens with one attached hydrogen (secondary N) is 1. The molecule has 0 amide bonds. The highest BCUT2D eigenvalue weighted by Gasteiger charge is 2.30. The van der Waals surface area contributed by atoms with Crippen molar-refractivity contribution in [2.24, 2.45) is 0 Å². The van der Waals surface area contributed by atoms with Crippen LogP contribution in [0.15, 0.2) is 48.8 Å². The molecule has 1 N–H and O–H groups in total. The topological polar surface area (TPSA) is 96.7 Å². The van der Waals surface area contributed by atoms with E-state index in [1.807, 2.05) is 29.2 Å². The van der Waals surface area contributed by atoms with Gasteiger partial charge in [-0.05, 0) is 36.4 Å². The molecule has 0 saturated carbocycles. The van der Waals surface area contributed by atoms with Crippen molar-refractivity contribution in [2.75, 3.05) is 48.4 Å². The zero-order valence-corrected chi connectivity index (χ0v) is 18.7. The Morgan fingerprint density at radius 1 is 1.03 bits per heavy atom. The van der Waals surface area contributed by atoms with Crippen LogP contribution < -0.4 is 19.9 Å². The van der Waals surface area contributed by atoms with Gasteiger partial charge >= 0.3 is 5.69 Å². The van der Waals surface area contributed by atoms with Gasteiger partial charge in [0.2, 0.25) is 11.6 Å². The van der Waals surface area contributed by atoms with Crippen LogP contribution in [0, 0.1) is 10.1 Å². The first-order chi connectivity index (χ1) is 15.5. The smallest absolute Gasteiger partial charge is 0.353 e. The van der Waals surface area contributed by atoms with Crippen molar-refractivity contribution in [3.05, 3.63) is 69.0 Å². The summed E-state index contributed by atoms with van der Waals surface area (Å²) >= 11 is 12.2. The summed E-state index contributed by atoms with van der Waals surface area (Å²) < 4.78 is 5.32. The predicted octanol–water partition coefficient (Wildman–Crippen LogP) is 4.77. The lowest BCUT2D eigenvalue weighted by atomic mass is 10.2. The highest BCUT2D eigenvalue weighted by atomic mass is 35.5. The molecular weight excluding hydrogens is 455 g/mol. The summed E-state index contributed by atoms with van der Waals surface area (Å²) in [5, 5.41) is 16.1. The molecule has 3 aromatic rings. The van der Waals surface area contributed by atoms with Crippen molar-refractivity contribution >= 4 is 51.9 Å². The molecule has 1 aliphatic heterocycles. The maximum absolute atomic E-state index is 12.0. The second-order valence-corrected chi connectivity index (χ2v) is 7.95. The van der Waals surface area contributed by atoms with Crippen LogP contribution in [0.1, 0.15) is 0 Å². The van der Waals surface area contributed by atoms with Gasteiger partial charge in [0.05, 0.1) is 17.7 Å². The summed E-state index contributed by atoms with van der Waals surface area (Å²) in [5.41, 5.74) is 1.29. The minimum absolute atomic E-state index is 0.0674. The third kappa shape index (κ3) is 4.63. The van der Waals surface area contributed by atoms with E-state index < -0.39 is 4.92 Å². The lowest BCUT2D eigenvalue weighted by Crippen LogP contribution is -2.47. The van der Waals surface area contributed by atoms with Crippen molar-refractivity contribution in [1.29, 1.82) is 0 Å². The normalized spacial score (nSPS) is 13.7. The average Bonchev–Trinajstić information content (AvgIpc) is 2.79. The number of hydrogen-bond donors (Lipinski definition) is 1. The van der Waals surface area contributed by atoms with Gasteiger partial charge in [-0.3, -0.25) is 10.1 Å². The molecule has 4 rings (SSSR count). The second-order valence-electron chi connectivity index (χ2n) is 7.08. The molecule has 166 valence electrons. The van der Waals surface area contributed by atoms with Gasteiger partial charge in [0.15, 0.2) is 0 Å². The van der Waals surface area contributed by atoms with Crippen molar-refractivity contribution in [1.82, 2.24) is 9.97 Å². The summed E-state index contributed by atoms with van der Waals surface area (Å²) in [5.74, 6) is 0.816. The third-order valence-electron chi connectivity index (χ3n) is 5.15. The fourth-order valence-electron chi connectivity index (χ4n) is 3.62. The minimum atomic E-state index is -0.474.